The van der Waals surface area contributed by atoms with Gasteiger partial charge < -0.3 is 27.8 Å². The summed E-state index contributed by atoms with van der Waals surface area (Å²) in [5, 5.41) is 23.7. The lowest BCUT2D eigenvalue weighted by Gasteiger charge is -2.27. The van der Waals surface area contributed by atoms with Gasteiger partial charge in [0.15, 0.2) is 20.7 Å². The molecule has 0 aromatic heterocycles. The minimum Gasteiger partial charge on any atom is -0.379 e. The van der Waals surface area contributed by atoms with Crippen molar-refractivity contribution in [3.63, 3.8) is 0 Å². The van der Waals surface area contributed by atoms with E-state index < -0.39 is 0 Å². The lowest BCUT2D eigenvalue weighted by molar-refractivity contribution is 0.270. The summed E-state index contributed by atoms with van der Waals surface area (Å²) < 4.78 is 0. The average Bonchev–Trinajstić information content (AvgIpc) is 3.39. The SMILES string of the molecule is CCc1ccc(CCN)cc1.CCc1ccc(CCN2CN=C(SCc3ccccc3CSC3=NCN(CCc4ccc(CC)cc4)CN3)NC2)cc1.Cl.Cl.N=C(N)SCc1ccccc1CSC(=N)N. The lowest BCUT2D eigenvalue weighted by atomic mass is 10.1. The van der Waals surface area contributed by atoms with Crippen LogP contribution in [0, 0.1) is 10.8 Å². The first kappa shape index (κ1) is 61.1. The molecule has 0 atom stereocenters. The van der Waals surface area contributed by atoms with Crippen LogP contribution in [0.15, 0.2) is 131 Å². The van der Waals surface area contributed by atoms with E-state index in [4.69, 9.17) is 38.0 Å². The van der Waals surface area contributed by atoms with Crippen molar-refractivity contribution in [2.45, 2.75) is 82.3 Å². The van der Waals surface area contributed by atoms with Crippen LogP contribution in [-0.4, -0.2) is 76.8 Å². The highest BCUT2D eigenvalue weighted by Gasteiger charge is 2.16. The molecular formula is C54H75Cl2N11S4. The number of nitrogens with zero attached hydrogens (tertiary/aromatic N) is 4. The molecule has 2 heterocycles. The lowest BCUT2D eigenvalue weighted by Crippen LogP contribution is -2.42. The van der Waals surface area contributed by atoms with Crippen molar-refractivity contribution < 1.29 is 0 Å². The third-order valence-electron chi connectivity index (χ3n) is 11.6. The van der Waals surface area contributed by atoms with Crippen molar-refractivity contribution in [2.75, 3.05) is 46.3 Å². The van der Waals surface area contributed by atoms with Crippen molar-refractivity contribution >= 4 is 92.5 Å². The van der Waals surface area contributed by atoms with E-state index in [9.17, 15) is 0 Å². The zero-order valence-electron chi connectivity index (χ0n) is 41.5. The van der Waals surface area contributed by atoms with Crippen molar-refractivity contribution in [1.82, 2.24) is 20.4 Å². The zero-order valence-corrected chi connectivity index (χ0v) is 46.4. The van der Waals surface area contributed by atoms with Gasteiger partial charge in [0.25, 0.3) is 0 Å². The van der Waals surface area contributed by atoms with Crippen molar-refractivity contribution in [3.05, 3.63) is 177 Å². The average molecular weight is 1080 g/mol. The first-order valence-electron chi connectivity index (χ1n) is 23.9. The number of thioether (sulfide) groups is 4. The molecule has 0 unspecified atom stereocenters. The smallest absolute Gasteiger partial charge is 0.159 e. The number of aliphatic imine (C=N–C) groups is 2. The highest BCUT2D eigenvalue weighted by molar-refractivity contribution is 8.14. The summed E-state index contributed by atoms with van der Waals surface area (Å²) in [6, 6.07) is 43.4. The van der Waals surface area contributed by atoms with E-state index in [0.29, 0.717) is 11.5 Å². The molecule has 2 aliphatic heterocycles. The maximum atomic E-state index is 7.17. The molecule has 2 aliphatic rings. The molecule has 5 aromatic rings. The predicted octanol–water partition coefficient (Wildman–Crippen LogP) is 10.6. The second-order valence-corrected chi connectivity index (χ2v) is 20.6. The van der Waals surface area contributed by atoms with E-state index in [1.165, 1.54) is 68.0 Å². The minimum atomic E-state index is 0. The highest BCUT2D eigenvalue weighted by Crippen LogP contribution is 2.24. The van der Waals surface area contributed by atoms with Crippen LogP contribution < -0.4 is 27.8 Å². The summed E-state index contributed by atoms with van der Waals surface area (Å²) in [6.45, 7) is 12.6. The molecule has 10 N–H and O–H groups in total. The number of nitrogens with one attached hydrogen (secondary N) is 4. The van der Waals surface area contributed by atoms with E-state index in [-0.39, 0.29) is 35.1 Å². The van der Waals surface area contributed by atoms with Crippen molar-refractivity contribution in [1.29, 1.82) is 10.8 Å². The molecule has 0 bridgehead atoms. The van der Waals surface area contributed by atoms with Gasteiger partial charge in [-0.3, -0.25) is 20.6 Å². The summed E-state index contributed by atoms with van der Waals surface area (Å²) in [5.74, 6) is 3.20. The molecule has 0 saturated heterocycles. The molecule has 0 spiro atoms. The number of amidine groups is 4. The Morgan fingerprint density at radius 2 is 0.803 bits per heavy atom. The van der Waals surface area contributed by atoms with Gasteiger partial charge >= 0.3 is 0 Å². The van der Waals surface area contributed by atoms with Crippen LogP contribution in [0.25, 0.3) is 0 Å². The molecule has 5 aromatic carbocycles. The number of hydrogen-bond donors (Lipinski definition) is 7. The number of aryl methyl sites for hydroxylation is 3. The Labute approximate surface area is 453 Å². The Hall–Kier alpha value is -4.16. The fraction of sp³-hybridized carbons (Fsp3) is 0.370. The molecule has 0 amide bonds. The minimum absolute atomic E-state index is 0. The van der Waals surface area contributed by atoms with Gasteiger partial charge in [-0.2, -0.15) is 0 Å². The molecule has 11 nitrogen and oxygen atoms in total. The first-order chi connectivity index (χ1) is 33.6. The van der Waals surface area contributed by atoms with Crippen LogP contribution in [0.1, 0.15) is 76.4 Å². The second-order valence-electron chi connectivity index (χ2n) is 16.6. The molecule has 17 heteroatoms. The van der Waals surface area contributed by atoms with E-state index in [0.717, 1.165) is 118 Å². The molecule has 0 fully saturated rings. The summed E-state index contributed by atoms with van der Waals surface area (Å²) in [6.07, 6.45) is 6.40. The van der Waals surface area contributed by atoms with Crippen LogP contribution in [0.5, 0.6) is 0 Å². The zero-order chi connectivity index (χ0) is 49.1. The van der Waals surface area contributed by atoms with Crippen LogP contribution in [0.3, 0.4) is 0 Å². The molecule has 0 radical (unpaired) electrons. The fourth-order valence-electron chi connectivity index (χ4n) is 7.24. The standard InChI is InChI=1S/C34H44N6S2.C10H14N4S2.C10H15N.2ClH/c1-3-27-9-13-29(14-10-27)17-19-39-23-35-33(36-24-39)41-21-31-7-5-6-8-32(31)22-42-34-37-25-40(26-38-34)20-18-30-15-11-28(4-2)12-16-30;11-9(12)15-5-7-3-1-2-4-8(7)6-16-10(13)14;1-2-9-3-5-10(6-4-9)7-8-11;;/h5-16H,3-4,17-26H2,1-2H3,(H,35,36)(H,37,38);1-4H,5-6H2,(H3,11,12)(H3,13,14);3-6H,2,7-8,11H2,1H3;2*1H. The van der Waals surface area contributed by atoms with Crippen LogP contribution >= 0.6 is 71.9 Å². The molecule has 71 heavy (non-hydrogen) atoms. The van der Waals surface area contributed by atoms with Gasteiger partial charge in [-0.25, -0.2) is 9.98 Å². The Morgan fingerprint density at radius 3 is 1.08 bits per heavy atom. The second kappa shape index (κ2) is 35.1. The third-order valence-corrected chi connectivity index (χ3v) is 15.2. The van der Waals surface area contributed by atoms with Crippen LogP contribution in [-0.2, 0) is 61.5 Å². The van der Waals surface area contributed by atoms with E-state index in [1.54, 1.807) is 23.5 Å². The molecule has 384 valence electrons. The number of rotatable bonds is 19. The Morgan fingerprint density at radius 1 is 0.493 bits per heavy atom. The summed E-state index contributed by atoms with van der Waals surface area (Å²) in [4.78, 5) is 14.4. The van der Waals surface area contributed by atoms with Gasteiger partial charge in [0.2, 0.25) is 0 Å². The van der Waals surface area contributed by atoms with Gasteiger partial charge in [0.05, 0.1) is 26.7 Å². The Balaban J connectivity index is 0.000000376. The number of nitrogens with two attached hydrogens (primary N) is 3. The maximum Gasteiger partial charge on any atom is 0.159 e. The summed E-state index contributed by atoms with van der Waals surface area (Å²) in [5.41, 5.74) is 29.4. The van der Waals surface area contributed by atoms with Gasteiger partial charge in [-0.1, -0.05) is 189 Å². The summed E-state index contributed by atoms with van der Waals surface area (Å²) >= 11 is 6.21. The summed E-state index contributed by atoms with van der Waals surface area (Å²) in [7, 11) is 0. The third kappa shape index (κ3) is 23.5. The van der Waals surface area contributed by atoms with Crippen LogP contribution in [0.4, 0.5) is 0 Å². The predicted molar refractivity (Wildman–Crippen MR) is 318 cm³/mol. The number of benzene rings is 5. The van der Waals surface area contributed by atoms with E-state index in [1.807, 2.05) is 24.3 Å². The molecule has 7 rings (SSSR count). The monoisotopic (exact) mass is 1080 g/mol. The van der Waals surface area contributed by atoms with Gasteiger partial charge in [-0.15, -0.1) is 24.8 Å². The van der Waals surface area contributed by atoms with E-state index in [2.05, 4.69) is 138 Å². The topological polar surface area (TPSA) is 181 Å². The quantitative estimate of drug-likeness (QED) is 0.0309. The number of hydrogen-bond acceptors (Lipinski definition) is 13. The Kier molecular flexibility index (Phi) is 30.2. The first-order valence-corrected chi connectivity index (χ1v) is 27.9. The largest absolute Gasteiger partial charge is 0.379 e. The Bertz CT molecular complexity index is 2230. The molecule has 0 aliphatic carbocycles. The highest BCUT2D eigenvalue weighted by atomic mass is 35.5. The van der Waals surface area contributed by atoms with Crippen LogP contribution in [0.2, 0.25) is 0 Å². The van der Waals surface area contributed by atoms with Crippen molar-refractivity contribution in [2.24, 2.45) is 27.2 Å². The molecule has 0 saturated carbocycles. The number of halogens is 2. The fourth-order valence-corrected chi connectivity index (χ4v) is 10.2. The maximum absolute atomic E-state index is 7.17. The van der Waals surface area contributed by atoms with Gasteiger partial charge in [0.1, 0.15) is 0 Å². The van der Waals surface area contributed by atoms with E-state index >= 15 is 0 Å². The van der Waals surface area contributed by atoms with Gasteiger partial charge in [-0.05, 0) is 101 Å². The molecular weight excluding hydrogens is 1000 g/mol. The normalized spacial score (nSPS) is 13.2. The van der Waals surface area contributed by atoms with Crippen molar-refractivity contribution in [3.8, 4) is 0 Å². The van der Waals surface area contributed by atoms with Gasteiger partial charge in [0, 0.05) is 36.1 Å².